The number of nitrogens with zero attached hydrogens (tertiary/aromatic N) is 1. The minimum atomic E-state index is -0.430. The fourth-order valence-electron chi connectivity index (χ4n) is 1.57. The maximum atomic E-state index is 12.9. The Bertz CT molecular complexity index is 602. The molecule has 0 spiro atoms. The molecule has 0 aliphatic rings. The summed E-state index contributed by atoms with van der Waals surface area (Å²) in [6.45, 7) is 0.527. The monoisotopic (exact) mass is 372 g/mol. The first kappa shape index (κ1) is 13.7. The summed E-state index contributed by atoms with van der Waals surface area (Å²) < 4.78 is 13.7. The molecule has 0 radical (unpaired) electrons. The van der Waals surface area contributed by atoms with Gasteiger partial charge in [0.1, 0.15) is 5.82 Å². The van der Waals surface area contributed by atoms with Gasteiger partial charge >= 0.3 is 0 Å². The number of non-ortho nitro benzene ring substituents is 1. The number of nitrogens with one attached hydrogen (secondary N) is 1. The van der Waals surface area contributed by atoms with Crippen molar-refractivity contribution in [1.82, 2.24) is 0 Å². The van der Waals surface area contributed by atoms with Gasteiger partial charge in [-0.15, -0.1) is 0 Å². The second-order valence-electron chi connectivity index (χ2n) is 3.90. The highest BCUT2D eigenvalue weighted by Gasteiger charge is 2.05. The molecule has 0 aliphatic heterocycles. The molecule has 0 aliphatic carbocycles. The Balaban J connectivity index is 2.04. The number of rotatable bonds is 4. The summed E-state index contributed by atoms with van der Waals surface area (Å²) in [5.41, 5.74) is 1.83. The smallest absolute Gasteiger partial charge is 0.269 e. The molecule has 98 valence electrons. The van der Waals surface area contributed by atoms with Gasteiger partial charge in [-0.25, -0.2) is 4.39 Å². The van der Waals surface area contributed by atoms with Gasteiger partial charge in [0.15, 0.2) is 0 Å². The molecule has 0 heterocycles. The van der Waals surface area contributed by atoms with Gasteiger partial charge < -0.3 is 5.32 Å². The summed E-state index contributed by atoms with van der Waals surface area (Å²) in [7, 11) is 0. The number of hydrogen-bond donors (Lipinski definition) is 1. The van der Waals surface area contributed by atoms with Crippen LogP contribution >= 0.6 is 22.6 Å². The molecule has 0 saturated carbocycles. The lowest BCUT2D eigenvalue weighted by atomic mass is 10.2. The molecule has 0 unspecified atom stereocenters. The van der Waals surface area contributed by atoms with Crippen molar-refractivity contribution in [3.8, 4) is 0 Å². The van der Waals surface area contributed by atoms with E-state index in [1.807, 2.05) is 0 Å². The number of nitro benzene ring substituents is 1. The summed E-state index contributed by atoms with van der Waals surface area (Å²) >= 11 is 2.05. The maximum Gasteiger partial charge on any atom is 0.269 e. The summed E-state index contributed by atoms with van der Waals surface area (Å²) in [6.07, 6.45) is 0. The topological polar surface area (TPSA) is 55.2 Å². The second-order valence-corrected chi connectivity index (χ2v) is 5.06. The van der Waals surface area contributed by atoms with Gasteiger partial charge in [-0.2, -0.15) is 0 Å². The van der Waals surface area contributed by atoms with Crippen LogP contribution in [0.1, 0.15) is 5.56 Å². The average Bonchev–Trinajstić information content (AvgIpc) is 2.38. The Morgan fingerprint density at radius 3 is 2.47 bits per heavy atom. The van der Waals surface area contributed by atoms with Crippen molar-refractivity contribution >= 4 is 34.0 Å². The molecule has 0 amide bonds. The van der Waals surface area contributed by atoms with Crippen LogP contribution in [0.5, 0.6) is 0 Å². The molecule has 0 fully saturated rings. The highest BCUT2D eigenvalue weighted by Crippen LogP contribution is 2.20. The molecule has 0 saturated heterocycles. The van der Waals surface area contributed by atoms with E-state index in [-0.39, 0.29) is 11.5 Å². The summed E-state index contributed by atoms with van der Waals surface area (Å²) in [5, 5.41) is 13.7. The lowest BCUT2D eigenvalue weighted by Gasteiger charge is -2.08. The van der Waals surface area contributed by atoms with Gasteiger partial charge in [0.25, 0.3) is 5.69 Å². The zero-order valence-corrected chi connectivity index (χ0v) is 11.9. The minimum absolute atomic E-state index is 0.0695. The van der Waals surface area contributed by atoms with Crippen LogP contribution in [0.3, 0.4) is 0 Å². The zero-order valence-electron chi connectivity index (χ0n) is 9.77. The zero-order chi connectivity index (χ0) is 13.8. The molecule has 1 N–H and O–H groups in total. The summed E-state index contributed by atoms with van der Waals surface area (Å²) in [6, 6.07) is 10.8. The third-order valence-electron chi connectivity index (χ3n) is 2.56. The van der Waals surface area contributed by atoms with Crippen LogP contribution in [0.2, 0.25) is 0 Å². The standard InChI is InChI=1S/C13H10FIN2O2/c14-10-3-6-13(12(15)7-10)16-8-9-1-4-11(5-2-9)17(18)19/h1-7,16H,8H2. The Labute approximate surface area is 122 Å². The Morgan fingerprint density at radius 2 is 1.89 bits per heavy atom. The molecule has 0 atom stereocenters. The molecule has 6 heteroatoms. The normalized spacial score (nSPS) is 10.2. The molecule has 4 nitrogen and oxygen atoms in total. The van der Waals surface area contributed by atoms with E-state index in [1.54, 1.807) is 18.2 Å². The largest absolute Gasteiger partial charge is 0.380 e. The van der Waals surface area contributed by atoms with E-state index < -0.39 is 4.92 Å². The van der Waals surface area contributed by atoms with Gasteiger partial charge in [0.05, 0.1) is 4.92 Å². The summed E-state index contributed by atoms with van der Waals surface area (Å²) in [4.78, 5) is 10.1. The van der Waals surface area contributed by atoms with E-state index in [4.69, 9.17) is 0 Å². The molecule has 19 heavy (non-hydrogen) atoms. The van der Waals surface area contributed by atoms with E-state index in [9.17, 15) is 14.5 Å². The molecule has 2 aromatic rings. The maximum absolute atomic E-state index is 12.9. The average molecular weight is 372 g/mol. The molecular weight excluding hydrogens is 362 g/mol. The van der Waals surface area contributed by atoms with E-state index in [0.717, 1.165) is 14.8 Å². The Hall–Kier alpha value is -1.70. The first-order valence-electron chi connectivity index (χ1n) is 5.48. The number of anilines is 1. The van der Waals surface area contributed by atoms with Crippen molar-refractivity contribution in [3.63, 3.8) is 0 Å². The lowest BCUT2D eigenvalue weighted by molar-refractivity contribution is -0.384. The predicted molar refractivity (Wildman–Crippen MR) is 79.5 cm³/mol. The van der Waals surface area contributed by atoms with E-state index >= 15 is 0 Å². The van der Waals surface area contributed by atoms with Crippen molar-refractivity contribution in [2.45, 2.75) is 6.54 Å². The van der Waals surface area contributed by atoms with Crippen LogP contribution in [0, 0.1) is 19.5 Å². The van der Waals surface area contributed by atoms with Crippen molar-refractivity contribution in [2.75, 3.05) is 5.32 Å². The van der Waals surface area contributed by atoms with Crippen molar-refractivity contribution in [1.29, 1.82) is 0 Å². The third-order valence-corrected chi connectivity index (χ3v) is 3.45. The van der Waals surface area contributed by atoms with Gasteiger partial charge in [0.2, 0.25) is 0 Å². The van der Waals surface area contributed by atoms with Crippen LogP contribution < -0.4 is 5.32 Å². The van der Waals surface area contributed by atoms with Crippen molar-refractivity contribution < 1.29 is 9.31 Å². The highest BCUT2D eigenvalue weighted by atomic mass is 127. The van der Waals surface area contributed by atoms with Gasteiger partial charge in [-0.1, -0.05) is 12.1 Å². The Morgan fingerprint density at radius 1 is 1.21 bits per heavy atom. The molecule has 2 aromatic carbocycles. The molecular formula is C13H10FIN2O2. The second kappa shape index (κ2) is 5.96. The van der Waals surface area contributed by atoms with E-state index in [0.29, 0.717) is 6.54 Å². The van der Waals surface area contributed by atoms with Gasteiger partial charge in [0, 0.05) is 27.9 Å². The van der Waals surface area contributed by atoms with Crippen molar-refractivity contribution in [3.05, 3.63) is 67.5 Å². The van der Waals surface area contributed by atoms with Crippen molar-refractivity contribution in [2.24, 2.45) is 0 Å². The van der Waals surface area contributed by atoms with E-state index in [2.05, 4.69) is 27.9 Å². The lowest BCUT2D eigenvalue weighted by Crippen LogP contribution is -2.01. The van der Waals surface area contributed by atoms with Crippen LogP contribution in [0.25, 0.3) is 0 Å². The minimum Gasteiger partial charge on any atom is -0.380 e. The number of benzene rings is 2. The first-order chi connectivity index (χ1) is 9.06. The highest BCUT2D eigenvalue weighted by molar-refractivity contribution is 14.1. The molecule has 2 rings (SSSR count). The van der Waals surface area contributed by atoms with Crippen LogP contribution in [0.4, 0.5) is 15.8 Å². The fraction of sp³-hybridized carbons (Fsp3) is 0.0769. The van der Waals surface area contributed by atoms with Gasteiger partial charge in [-0.05, 0) is 46.4 Å². The molecule has 0 aromatic heterocycles. The Kier molecular flexibility index (Phi) is 4.31. The number of halogens is 2. The third kappa shape index (κ3) is 3.63. The van der Waals surface area contributed by atoms with Gasteiger partial charge in [-0.3, -0.25) is 10.1 Å². The number of hydrogen-bond acceptors (Lipinski definition) is 3. The number of nitro groups is 1. The quantitative estimate of drug-likeness (QED) is 0.502. The van der Waals surface area contributed by atoms with Crippen LogP contribution in [0.15, 0.2) is 42.5 Å². The van der Waals surface area contributed by atoms with Crippen LogP contribution in [-0.4, -0.2) is 4.92 Å². The fourth-order valence-corrected chi connectivity index (χ4v) is 2.23. The van der Waals surface area contributed by atoms with E-state index in [1.165, 1.54) is 24.3 Å². The SMILES string of the molecule is O=[N+]([O-])c1ccc(CNc2ccc(F)cc2I)cc1. The summed E-state index contributed by atoms with van der Waals surface area (Å²) in [5.74, 6) is -0.273. The van der Waals surface area contributed by atoms with Crippen LogP contribution in [-0.2, 0) is 6.54 Å². The first-order valence-corrected chi connectivity index (χ1v) is 6.56. The molecule has 0 bridgehead atoms. The predicted octanol–water partition coefficient (Wildman–Crippen LogP) is 3.95.